The summed E-state index contributed by atoms with van der Waals surface area (Å²) in [6.07, 6.45) is 7.56. The first-order chi connectivity index (χ1) is 12.9. The number of ether oxygens (including phenoxy) is 1. The molecule has 1 saturated heterocycles. The molecule has 1 spiro atoms. The van der Waals surface area contributed by atoms with Gasteiger partial charge >= 0.3 is 0 Å². The molecule has 148 valence electrons. The maximum absolute atomic E-state index is 12.7. The highest BCUT2D eigenvalue weighted by Crippen LogP contribution is 2.51. The van der Waals surface area contributed by atoms with E-state index in [2.05, 4.69) is 36.4 Å². The van der Waals surface area contributed by atoms with Crippen LogP contribution >= 0.6 is 0 Å². The van der Waals surface area contributed by atoms with Gasteiger partial charge in [0.05, 0.1) is 5.60 Å². The molecular formula is C22H33N3O2. The van der Waals surface area contributed by atoms with Crippen molar-refractivity contribution in [2.45, 2.75) is 68.0 Å². The Bertz CT molecular complexity index is 675. The zero-order valence-corrected chi connectivity index (χ0v) is 16.7. The number of rotatable bonds is 6. The first kappa shape index (κ1) is 18.9. The first-order valence-electron chi connectivity index (χ1n) is 10.4. The quantitative estimate of drug-likeness (QED) is 0.806. The third kappa shape index (κ3) is 3.91. The number of hydrogen-bond acceptors (Lipinski definition) is 4. The van der Waals surface area contributed by atoms with Gasteiger partial charge < -0.3 is 20.7 Å². The Balaban J connectivity index is 1.37. The lowest BCUT2D eigenvalue weighted by Gasteiger charge is -2.22. The Labute approximate surface area is 162 Å². The third-order valence-electron chi connectivity index (χ3n) is 6.87. The molecule has 3 fully saturated rings. The van der Waals surface area contributed by atoms with Crippen molar-refractivity contribution in [2.24, 2.45) is 5.73 Å². The predicted octanol–water partition coefficient (Wildman–Crippen LogP) is 2.44. The number of nitrogens with one attached hydrogen (secondary N) is 1. The van der Waals surface area contributed by atoms with Crippen molar-refractivity contribution in [3.8, 4) is 0 Å². The van der Waals surface area contributed by atoms with Crippen LogP contribution in [0.1, 0.15) is 60.9 Å². The SMILES string of the molecule is CN(C)CCC1(c2ccc(C(=O)NC3CC4(CCCO4)CC3N)cc2)CC1. The van der Waals surface area contributed by atoms with E-state index in [1.54, 1.807) is 0 Å². The van der Waals surface area contributed by atoms with Gasteiger partial charge in [0.1, 0.15) is 0 Å². The summed E-state index contributed by atoms with van der Waals surface area (Å²) >= 11 is 0. The van der Waals surface area contributed by atoms with Gasteiger partial charge in [0.15, 0.2) is 0 Å². The minimum atomic E-state index is -0.0913. The molecule has 4 rings (SSSR count). The van der Waals surface area contributed by atoms with Crippen molar-refractivity contribution < 1.29 is 9.53 Å². The second-order valence-corrected chi connectivity index (χ2v) is 9.20. The Morgan fingerprint density at radius 2 is 1.96 bits per heavy atom. The number of hydrogen-bond donors (Lipinski definition) is 2. The van der Waals surface area contributed by atoms with E-state index in [0.717, 1.165) is 44.4 Å². The zero-order valence-electron chi connectivity index (χ0n) is 16.7. The van der Waals surface area contributed by atoms with Gasteiger partial charge in [0, 0.05) is 24.3 Å². The van der Waals surface area contributed by atoms with Crippen molar-refractivity contribution >= 4 is 5.91 Å². The largest absolute Gasteiger partial charge is 0.375 e. The monoisotopic (exact) mass is 371 g/mol. The van der Waals surface area contributed by atoms with E-state index in [-0.39, 0.29) is 23.6 Å². The van der Waals surface area contributed by atoms with Gasteiger partial charge in [-0.2, -0.15) is 0 Å². The van der Waals surface area contributed by atoms with Gasteiger partial charge in [-0.1, -0.05) is 12.1 Å². The van der Waals surface area contributed by atoms with E-state index in [1.165, 1.54) is 24.8 Å². The predicted molar refractivity (Wildman–Crippen MR) is 107 cm³/mol. The van der Waals surface area contributed by atoms with E-state index in [4.69, 9.17) is 10.5 Å². The molecule has 1 aromatic rings. The summed E-state index contributed by atoms with van der Waals surface area (Å²) < 4.78 is 5.95. The molecule has 3 atom stereocenters. The highest BCUT2D eigenvalue weighted by Gasteiger charge is 2.47. The summed E-state index contributed by atoms with van der Waals surface area (Å²) in [6.45, 7) is 1.93. The summed E-state index contributed by atoms with van der Waals surface area (Å²) in [5, 5.41) is 3.16. The average Bonchev–Trinajstić information content (AvgIpc) is 3.22. The van der Waals surface area contributed by atoms with E-state index in [1.807, 2.05) is 12.1 Å². The summed E-state index contributed by atoms with van der Waals surface area (Å²) in [4.78, 5) is 15.0. The molecule has 2 saturated carbocycles. The molecule has 3 aliphatic rings. The van der Waals surface area contributed by atoms with Gasteiger partial charge in [-0.15, -0.1) is 0 Å². The molecule has 3 N–H and O–H groups in total. The average molecular weight is 372 g/mol. The number of carbonyl (C=O) groups excluding carboxylic acids is 1. The smallest absolute Gasteiger partial charge is 0.251 e. The highest BCUT2D eigenvalue weighted by molar-refractivity contribution is 5.94. The van der Waals surface area contributed by atoms with Crippen LogP contribution in [0.2, 0.25) is 0 Å². The lowest BCUT2D eigenvalue weighted by molar-refractivity contribution is 0.00798. The van der Waals surface area contributed by atoms with E-state index >= 15 is 0 Å². The molecular weight excluding hydrogens is 338 g/mol. The minimum absolute atomic E-state index is 0.00476. The van der Waals surface area contributed by atoms with Crippen LogP contribution < -0.4 is 11.1 Å². The van der Waals surface area contributed by atoms with Crippen LogP contribution in [-0.2, 0) is 10.2 Å². The first-order valence-corrected chi connectivity index (χ1v) is 10.4. The fourth-order valence-corrected chi connectivity index (χ4v) is 4.94. The Hall–Kier alpha value is -1.43. The standard InChI is InChI=1S/C22H33N3O2/c1-25(2)12-11-21(9-10-21)17-6-4-16(5-7-17)20(26)24-19-15-22(14-18(19)23)8-3-13-27-22/h4-7,18-19H,3,8-15,23H2,1-2H3,(H,24,26). The van der Waals surface area contributed by atoms with Crippen LogP contribution in [0, 0.1) is 0 Å². The summed E-state index contributed by atoms with van der Waals surface area (Å²) in [6, 6.07) is 8.23. The number of benzene rings is 1. The Kier molecular flexibility index (Phi) is 5.04. The molecule has 27 heavy (non-hydrogen) atoms. The molecule has 0 radical (unpaired) electrons. The second-order valence-electron chi connectivity index (χ2n) is 9.20. The van der Waals surface area contributed by atoms with Gasteiger partial charge in [0.2, 0.25) is 0 Å². The van der Waals surface area contributed by atoms with Gasteiger partial charge in [-0.05, 0) is 88.7 Å². The van der Waals surface area contributed by atoms with Crippen LogP contribution in [0.4, 0.5) is 0 Å². The van der Waals surface area contributed by atoms with Crippen molar-refractivity contribution in [3.05, 3.63) is 35.4 Å². The second kappa shape index (κ2) is 7.19. The van der Waals surface area contributed by atoms with Crippen LogP contribution in [0.5, 0.6) is 0 Å². The van der Waals surface area contributed by atoms with Crippen LogP contribution in [0.25, 0.3) is 0 Å². The van der Waals surface area contributed by atoms with Crippen molar-refractivity contribution in [1.29, 1.82) is 0 Å². The van der Waals surface area contributed by atoms with E-state index < -0.39 is 0 Å². The summed E-state index contributed by atoms with van der Waals surface area (Å²) in [5.41, 5.74) is 8.65. The molecule has 0 aromatic heterocycles. The fraction of sp³-hybridized carbons (Fsp3) is 0.682. The Morgan fingerprint density at radius 3 is 2.56 bits per heavy atom. The van der Waals surface area contributed by atoms with Gasteiger partial charge in [0.25, 0.3) is 5.91 Å². The van der Waals surface area contributed by atoms with Crippen molar-refractivity contribution in [1.82, 2.24) is 10.2 Å². The lowest BCUT2D eigenvalue weighted by atomic mass is 9.91. The van der Waals surface area contributed by atoms with Gasteiger partial charge in [-0.25, -0.2) is 0 Å². The normalized spacial score (nSPS) is 31.6. The molecule has 1 aliphatic heterocycles. The van der Waals surface area contributed by atoms with Crippen molar-refractivity contribution in [3.63, 3.8) is 0 Å². The van der Waals surface area contributed by atoms with E-state index in [9.17, 15) is 4.79 Å². The lowest BCUT2D eigenvalue weighted by Crippen LogP contribution is -2.44. The molecule has 1 heterocycles. The fourth-order valence-electron chi connectivity index (χ4n) is 4.94. The number of amides is 1. The zero-order chi connectivity index (χ0) is 19.1. The molecule has 3 unspecified atom stereocenters. The summed E-state index contributed by atoms with van der Waals surface area (Å²) in [5.74, 6) is -0.0183. The third-order valence-corrected chi connectivity index (χ3v) is 6.87. The maximum atomic E-state index is 12.7. The van der Waals surface area contributed by atoms with Crippen molar-refractivity contribution in [2.75, 3.05) is 27.2 Å². The Morgan fingerprint density at radius 1 is 1.22 bits per heavy atom. The minimum Gasteiger partial charge on any atom is -0.375 e. The topological polar surface area (TPSA) is 67.6 Å². The van der Waals surface area contributed by atoms with Gasteiger partial charge in [-0.3, -0.25) is 4.79 Å². The molecule has 5 heteroatoms. The highest BCUT2D eigenvalue weighted by atomic mass is 16.5. The molecule has 5 nitrogen and oxygen atoms in total. The van der Waals surface area contributed by atoms with Crippen LogP contribution in [0.3, 0.4) is 0 Å². The molecule has 1 aromatic carbocycles. The molecule has 0 bridgehead atoms. The van der Waals surface area contributed by atoms with E-state index in [0.29, 0.717) is 5.41 Å². The molecule has 2 aliphatic carbocycles. The van der Waals surface area contributed by atoms with Crippen LogP contribution in [-0.4, -0.2) is 55.7 Å². The van der Waals surface area contributed by atoms with Crippen LogP contribution in [0.15, 0.2) is 24.3 Å². The number of nitrogens with zero attached hydrogens (tertiary/aromatic N) is 1. The maximum Gasteiger partial charge on any atom is 0.251 e. The number of nitrogens with two attached hydrogens (primary N) is 1. The summed E-state index contributed by atoms with van der Waals surface area (Å²) in [7, 11) is 4.25. The number of carbonyl (C=O) groups is 1. The molecule has 1 amide bonds.